The molecule has 24 heavy (non-hydrogen) atoms. The molecule has 2 aliphatic rings. The highest BCUT2D eigenvalue weighted by molar-refractivity contribution is 5.94. The van der Waals surface area contributed by atoms with Crippen LogP contribution in [-0.4, -0.2) is 61.0 Å². The molecule has 1 aromatic rings. The molecule has 0 aliphatic carbocycles. The van der Waals surface area contributed by atoms with Crippen LogP contribution in [0.25, 0.3) is 0 Å². The minimum atomic E-state index is -0.336. The zero-order valence-electron chi connectivity index (χ0n) is 14.1. The predicted molar refractivity (Wildman–Crippen MR) is 91.7 cm³/mol. The van der Waals surface area contributed by atoms with E-state index in [2.05, 4.69) is 14.9 Å². The lowest BCUT2D eigenvalue weighted by atomic mass is 10.3. The number of ether oxygens (including phenoxy) is 2. The number of hydrogen-bond donors (Lipinski definition) is 0. The number of esters is 1. The van der Waals surface area contributed by atoms with E-state index in [1.54, 1.807) is 12.1 Å². The number of rotatable bonds is 2. The minimum Gasteiger partial charge on any atom is -0.463 e. The maximum Gasteiger partial charge on any atom is 0.308 e. The Hall–Kier alpha value is -2.57. The van der Waals surface area contributed by atoms with Crippen molar-refractivity contribution < 1.29 is 14.3 Å². The quantitative estimate of drug-likeness (QED) is 0.359. The molecule has 0 bridgehead atoms. The van der Waals surface area contributed by atoms with Crippen LogP contribution in [0.1, 0.15) is 19.8 Å². The van der Waals surface area contributed by atoms with Crippen molar-refractivity contribution in [3.63, 3.8) is 0 Å². The van der Waals surface area contributed by atoms with Crippen molar-refractivity contribution in [3.05, 3.63) is 24.3 Å². The fourth-order valence-corrected chi connectivity index (χ4v) is 2.64. The molecule has 0 N–H and O–H groups in total. The van der Waals surface area contributed by atoms with Crippen LogP contribution in [0.15, 0.2) is 34.3 Å². The average molecular weight is 330 g/mol. The van der Waals surface area contributed by atoms with E-state index in [0.717, 1.165) is 38.2 Å². The van der Waals surface area contributed by atoms with Gasteiger partial charge in [0.25, 0.3) is 6.02 Å². The van der Waals surface area contributed by atoms with Crippen molar-refractivity contribution in [2.24, 2.45) is 9.98 Å². The molecule has 2 saturated heterocycles. The highest BCUT2D eigenvalue weighted by atomic mass is 16.5. The summed E-state index contributed by atoms with van der Waals surface area (Å²) in [6.45, 7) is 4.77. The number of likely N-dealkylation sites (N-methyl/N-ethyl adjacent to an activating group) is 1. The van der Waals surface area contributed by atoms with Crippen molar-refractivity contribution in [2.45, 2.75) is 19.8 Å². The molecule has 0 saturated carbocycles. The maximum atomic E-state index is 11.0. The monoisotopic (exact) mass is 330 g/mol. The minimum absolute atomic E-state index is 0.336. The van der Waals surface area contributed by atoms with Crippen molar-refractivity contribution in [1.29, 1.82) is 0 Å². The van der Waals surface area contributed by atoms with Gasteiger partial charge in [-0.05, 0) is 37.1 Å². The standard InChI is InChI=1S/C17H22N4O3/c1-13(22)24-15-7-5-14(6-8-15)18-16(21-9-3-4-10-21)19-17-20(2)11-12-23-17/h5-8H,3-4,9-12H2,1-2H3. The van der Waals surface area contributed by atoms with E-state index >= 15 is 0 Å². The Labute approximate surface area is 141 Å². The second-order valence-electron chi connectivity index (χ2n) is 5.86. The van der Waals surface area contributed by atoms with Gasteiger partial charge in [0.2, 0.25) is 5.96 Å². The van der Waals surface area contributed by atoms with Gasteiger partial charge in [0.1, 0.15) is 12.4 Å². The molecule has 7 heteroatoms. The molecule has 1 aromatic carbocycles. The third-order valence-electron chi connectivity index (χ3n) is 3.90. The van der Waals surface area contributed by atoms with Crippen molar-refractivity contribution in [2.75, 3.05) is 33.3 Å². The number of carbonyl (C=O) groups is 1. The zero-order chi connectivity index (χ0) is 16.9. The van der Waals surface area contributed by atoms with Crippen LogP contribution in [0.2, 0.25) is 0 Å². The molecule has 128 valence electrons. The van der Waals surface area contributed by atoms with E-state index in [9.17, 15) is 4.79 Å². The van der Waals surface area contributed by atoms with Crippen LogP contribution in [0.5, 0.6) is 5.75 Å². The summed E-state index contributed by atoms with van der Waals surface area (Å²) in [5, 5.41) is 0. The van der Waals surface area contributed by atoms with E-state index in [0.29, 0.717) is 24.3 Å². The summed E-state index contributed by atoms with van der Waals surface area (Å²) in [5.74, 6) is 0.836. The van der Waals surface area contributed by atoms with Crippen LogP contribution in [0, 0.1) is 0 Å². The molecule has 0 spiro atoms. The number of amidine groups is 1. The van der Waals surface area contributed by atoms with Crippen molar-refractivity contribution >= 4 is 23.6 Å². The Morgan fingerprint density at radius 1 is 1.17 bits per heavy atom. The van der Waals surface area contributed by atoms with Crippen LogP contribution in [0.4, 0.5) is 5.69 Å². The molecular weight excluding hydrogens is 308 g/mol. The summed E-state index contributed by atoms with van der Waals surface area (Å²) >= 11 is 0. The van der Waals surface area contributed by atoms with Gasteiger partial charge in [0, 0.05) is 27.1 Å². The van der Waals surface area contributed by atoms with Crippen molar-refractivity contribution in [1.82, 2.24) is 9.80 Å². The topological polar surface area (TPSA) is 66.7 Å². The lowest BCUT2D eigenvalue weighted by Crippen LogP contribution is -2.29. The Morgan fingerprint density at radius 2 is 1.88 bits per heavy atom. The van der Waals surface area contributed by atoms with Gasteiger partial charge in [-0.1, -0.05) is 0 Å². The largest absolute Gasteiger partial charge is 0.463 e. The summed E-state index contributed by atoms with van der Waals surface area (Å²) < 4.78 is 10.6. The third kappa shape index (κ3) is 4.04. The molecule has 7 nitrogen and oxygen atoms in total. The van der Waals surface area contributed by atoms with E-state index < -0.39 is 0 Å². The molecule has 2 aliphatic heterocycles. The predicted octanol–water partition coefficient (Wildman–Crippen LogP) is 2.01. The second kappa shape index (κ2) is 7.33. The smallest absolute Gasteiger partial charge is 0.308 e. The Bertz CT molecular complexity index is 648. The first kappa shape index (κ1) is 16.3. The lowest BCUT2D eigenvalue weighted by molar-refractivity contribution is -0.131. The van der Waals surface area contributed by atoms with Gasteiger partial charge in [-0.2, -0.15) is 4.99 Å². The first-order valence-electron chi connectivity index (χ1n) is 8.16. The fraction of sp³-hybridized carbons (Fsp3) is 0.471. The number of carbonyl (C=O) groups excluding carboxylic acids is 1. The van der Waals surface area contributed by atoms with Crippen LogP contribution >= 0.6 is 0 Å². The Balaban J connectivity index is 1.84. The van der Waals surface area contributed by atoms with Gasteiger partial charge >= 0.3 is 5.97 Å². The highest BCUT2D eigenvalue weighted by Gasteiger charge is 2.21. The molecule has 3 rings (SSSR count). The van der Waals surface area contributed by atoms with Gasteiger partial charge < -0.3 is 19.3 Å². The number of nitrogens with zero attached hydrogens (tertiary/aromatic N) is 4. The number of benzene rings is 1. The van der Waals surface area contributed by atoms with Gasteiger partial charge in [0.15, 0.2) is 0 Å². The van der Waals surface area contributed by atoms with Gasteiger partial charge in [0.05, 0.1) is 12.2 Å². The molecule has 0 atom stereocenters. The van der Waals surface area contributed by atoms with Crippen LogP contribution in [-0.2, 0) is 9.53 Å². The molecule has 2 heterocycles. The normalized spacial score (nSPS) is 19.8. The van der Waals surface area contributed by atoms with Gasteiger partial charge in [-0.15, -0.1) is 0 Å². The maximum absolute atomic E-state index is 11.0. The molecule has 0 aromatic heterocycles. The van der Waals surface area contributed by atoms with E-state index in [1.165, 1.54) is 6.92 Å². The summed E-state index contributed by atoms with van der Waals surface area (Å²) in [6, 6.07) is 7.69. The molecule has 0 amide bonds. The number of hydrogen-bond acceptors (Lipinski definition) is 4. The lowest BCUT2D eigenvalue weighted by Gasteiger charge is -2.18. The Kier molecular flexibility index (Phi) is 4.98. The van der Waals surface area contributed by atoms with Crippen LogP contribution < -0.4 is 4.74 Å². The molecule has 2 fully saturated rings. The van der Waals surface area contributed by atoms with E-state index in [4.69, 9.17) is 9.47 Å². The average Bonchev–Trinajstić information content (AvgIpc) is 3.20. The third-order valence-corrected chi connectivity index (χ3v) is 3.90. The highest BCUT2D eigenvalue weighted by Crippen LogP contribution is 2.20. The summed E-state index contributed by atoms with van der Waals surface area (Å²) in [5.41, 5.74) is 0.762. The molecular formula is C17H22N4O3. The fourth-order valence-electron chi connectivity index (χ4n) is 2.64. The Morgan fingerprint density at radius 3 is 2.46 bits per heavy atom. The molecule has 0 radical (unpaired) electrons. The SMILES string of the molecule is CC(=O)Oc1ccc(N=C(N=C2OCCN2C)N2CCCC2)cc1. The van der Waals surface area contributed by atoms with E-state index in [-0.39, 0.29) is 5.97 Å². The molecule has 0 unspecified atom stereocenters. The van der Waals surface area contributed by atoms with Crippen LogP contribution in [0.3, 0.4) is 0 Å². The van der Waals surface area contributed by atoms with Gasteiger partial charge in [-0.25, -0.2) is 4.99 Å². The zero-order valence-corrected chi connectivity index (χ0v) is 14.1. The van der Waals surface area contributed by atoms with Gasteiger partial charge in [-0.3, -0.25) is 4.79 Å². The first-order chi connectivity index (χ1) is 11.6. The second-order valence-corrected chi connectivity index (χ2v) is 5.86. The summed E-state index contributed by atoms with van der Waals surface area (Å²) in [4.78, 5) is 24.4. The van der Waals surface area contributed by atoms with Crippen molar-refractivity contribution in [3.8, 4) is 5.75 Å². The number of likely N-dealkylation sites (tertiary alicyclic amines) is 1. The van der Waals surface area contributed by atoms with E-state index in [1.807, 2.05) is 24.1 Å². The number of guanidine groups is 1. The number of aliphatic imine (C=N–C) groups is 2. The summed E-state index contributed by atoms with van der Waals surface area (Å²) in [7, 11) is 1.96. The first-order valence-corrected chi connectivity index (χ1v) is 8.16. The summed E-state index contributed by atoms with van der Waals surface area (Å²) in [6.07, 6.45) is 2.29.